The van der Waals surface area contributed by atoms with Crippen molar-refractivity contribution in [3.05, 3.63) is 53.1 Å². The van der Waals surface area contributed by atoms with Crippen LogP contribution in [0.3, 0.4) is 0 Å². The van der Waals surface area contributed by atoms with Crippen LogP contribution in [0, 0.1) is 12.8 Å². The van der Waals surface area contributed by atoms with E-state index in [9.17, 15) is 5.11 Å². The van der Waals surface area contributed by atoms with Gasteiger partial charge in [0.15, 0.2) is 11.5 Å². The molecule has 168 valence electrons. The summed E-state index contributed by atoms with van der Waals surface area (Å²) in [7, 11) is 4.94. The first kappa shape index (κ1) is 22.0. The number of ether oxygens (including phenoxy) is 3. The zero-order chi connectivity index (χ0) is 22.0. The van der Waals surface area contributed by atoms with E-state index in [1.165, 1.54) is 11.1 Å². The number of benzene rings is 2. The van der Waals surface area contributed by atoms with E-state index in [0.717, 1.165) is 50.8 Å². The van der Waals surface area contributed by atoms with Crippen LogP contribution >= 0.6 is 0 Å². The largest absolute Gasteiger partial charge is 0.493 e. The van der Waals surface area contributed by atoms with Gasteiger partial charge in [-0.15, -0.1) is 0 Å². The maximum atomic E-state index is 11.6. The van der Waals surface area contributed by atoms with E-state index in [0.29, 0.717) is 17.2 Å². The minimum Gasteiger partial charge on any atom is -0.493 e. The highest BCUT2D eigenvalue weighted by molar-refractivity contribution is 5.54. The van der Waals surface area contributed by atoms with Crippen molar-refractivity contribution in [3.63, 3.8) is 0 Å². The van der Waals surface area contributed by atoms with Gasteiger partial charge in [-0.2, -0.15) is 0 Å². The van der Waals surface area contributed by atoms with Crippen LogP contribution in [0.2, 0.25) is 0 Å². The van der Waals surface area contributed by atoms with Crippen molar-refractivity contribution in [2.45, 2.75) is 57.2 Å². The Labute approximate surface area is 185 Å². The van der Waals surface area contributed by atoms with Crippen LogP contribution in [0.5, 0.6) is 17.2 Å². The van der Waals surface area contributed by atoms with E-state index >= 15 is 0 Å². The molecule has 1 saturated heterocycles. The maximum absolute atomic E-state index is 11.6. The van der Waals surface area contributed by atoms with Gasteiger partial charge in [-0.1, -0.05) is 42.7 Å². The van der Waals surface area contributed by atoms with Crippen molar-refractivity contribution in [2.75, 3.05) is 27.9 Å². The quantitative estimate of drug-likeness (QED) is 0.714. The van der Waals surface area contributed by atoms with Crippen LogP contribution in [0.4, 0.5) is 0 Å². The van der Waals surface area contributed by atoms with E-state index < -0.39 is 5.60 Å². The first-order valence-electron chi connectivity index (χ1n) is 11.3. The molecule has 5 heteroatoms. The lowest BCUT2D eigenvalue weighted by Gasteiger charge is -2.53. The van der Waals surface area contributed by atoms with Crippen molar-refractivity contribution < 1.29 is 19.3 Å². The molecular weight excluding hydrogens is 390 g/mol. The fourth-order valence-corrected chi connectivity index (χ4v) is 5.56. The summed E-state index contributed by atoms with van der Waals surface area (Å²) in [5.41, 5.74) is 3.08. The van der Waals surface area contributed by atoms with Crippen LogP contribution in [-0.4, -0.2) is 43.5 Å². The molecule has 0 aromatic heterocycles. The molecule has 0 unspecified atom stereocenters. The molecule has 0 radical (unpaired) electrons. The van der Waals surface area contributed by atoms with Gasteiger partial charge in [-0.05, 0) is 49.4 Å². The van der Waals surface area contributed by atoms with E-state index in [-0.39, 0.29) is 12.0 Å². The topological polar surface area (TPSA) is 51.2 Å². The zero-order valence-corrected chi connectivity index (χ0v) is 19.2. The minimum atomic E-state index is -0.604. The second-order valence-corrected chi connectivity index (χ2v) is 9.07. The molecule has 5 nitrogen and oxygen atoms in total. The Morgan fingerprint density at radius 3 is 2.26 bits per heavy atom. The second kappa shape index (κ2) is 9.09. The third-order valence-electron chi connectivity index (χ3n) is 7.21. The van der Waals surface area contributed by atoms with Gasteiger partial charge in [-0.3, -0.25) is 4.90 Å². The lowest BCUT2D eigenvalue weighted by molar-refractivity contribution is -0.126. The molecule has 4 rings (SSSR count). The molecule has 1 N–H and O–H groups in total. The standard InChI is InChI=1S/C26H35NO4/c1-18-8-10-19(11-9-18)17-27-14-13-26(28)12-6-5-7-21(26)24(27)20-15-22(29-2)25(31-4)23(16-20)30-3/h8-11,15-16,21,24,28H,5-7,12-14,17H2,1-4H3/t21-,24+,26+/m0/s1. The molecular formula is C26H35NO4. The summed E-state index contributed by atoms with van der Waals surface area (Å²) < 4.78 is 16.9. The summed E-state index contributed by atoms with van der Waals surface area (Å²) in [6, 6.07) is 13.0. The lowest BCUT2D eigenvalue weighted by Crippen LogP contribution is -2.54. The fraction of sp³-hybridized carbons (Fsp3) is 0.538. The van der Waals surface area contributed by atoms with Crippen molar-refractivity contribution >= 4 is 0 Å². The predicted molar refractivity (Wildman–Crippen MR) is 122 cm³/mol. The number of aliphatic hydroxyl groups is 1. The van der Waals surface area contributed by atoms with Gasteiger partial charge in [-0.25, -0.2) is 0 Å². The monoisotopic (exact) mass is 425 g/mol. The number of hydrogen-bond acceptors (Lipinski definition) is 5. The fourth-order valence-electron chi connectivity index (χ4n) is 5.56. The van der Waals surface area contributed by atoms with Gasteiger partial charge in [0, 0.05) is 25.0 Å². The number of likely N-dealkylation sites (tertiary alicyclic amines) is 1. The van der Waals surface area contributed by atoms with Crippen molar-refractivity contribution in [2.24, 2.45) is 5.92 Å². The average Bonchev–Trinajstić information content (AvgIpc) is 2.79. The van der Waals surface area contributed by atoms with Gasteiger partial charge in [0.05, 0.1) is 26.9 Å². The molecule has 1 heterocycles. The van der Waals surface area contributed by atoms with E-state index in [2.05, 4.69) is 48.2 Å². The van der Waals surface area contributed by atoms with Crippen LogP contribution < -0.4 is 14.2 Å². The Kier molecular flexibility index (Phi) is 6.44. The summed E-state index contributed by atoms with van der Waals surface area (Å²) in [5.74, 6) is 2.12. The molecule has 2 aromatic carbocycles. The number of fused-ring (bicyclic) bond motifs is 1. The van der Waals surface area contributed by atoms with Gasteiger partial charge in [0.2, 0.25) is 5.75 Å². The zero-order valence-electron chi connectivity index (χ0n) is 19.2. The molecule has 1 aliphatic carbocycles. The summed E-state index contributed by atoms with van der Waals surface area (Å²) in [4.78, 5) is 2.52. The first-order chi connectivity index (χ1) is 15.0. The molecule has 0 bridgehead atoms. The molecule has 1 saturated carbocycles. The average molecular weight is 426 g/mol. The van der Waals surface area contributed by atoms with Gasteiger partial charge < -0.3 is 19.3 Å². The number of hydrogen-bond donors (Lipinski definition) is 1. The molecule has 0 amide bonds. The van der Waals surface area contributed by atoms with Crippen molar-refractivity contribution in [1.82, 2.24) is 4.90 Å². The summed E-state index contributed by atoms with van der Waals surface area (Å²) in [6.45, 7) is 3.84. The molecule has 1 aliphatic heterocycles. The second-order valence-electron chi connectivity index (χ2n) is 9.07. The molecule has 2 aromatic rings. The summed E-state index contributed by atoms with van der Waals surface area (Å²) in [5, 5.41) is 11.6. The van der Waals surface area contributed by atoms with Crippen molar-refractivity contribution in [1.29, 1.82) is 0 Å². The normalized spacial score (nSPS) is 26.2. The van der Waals surface area contributed by atoms with E-state index in [1.807, 2.05) is 0 Å². The Balaban J connectivity index is 1.77. The van der Waals surface area contributed by atoms with Crippen LogP contribution in [0.15, 0.2) is 36.4 Å². The molecule has 31 heavy (non-hydrogen) atoms. The number of nitrogens with zero attached hydrogens (tertiary/aromatic N) is 1. The lowest BCUT2D eigenvalue weighted by atomic mass is 9.66. The Morgan fingerprint density at radius 1 is 0.968 bits per heavy atom. The molecule has 3 atom stereocenters. The SMILES string of the molecule is COc1cc([C@@H]2[C@@H]3CCCC[C@@]3(O)CCN2Cc2ccc(C)cc2)cc(OC)c1OC. The van der Waals surface area contributed by atoms with Crippen LogP contribution in [0.25, 0.3) is 0 Å². The van der Waals surface area contributed by atoms with Crippen molar-refractivity contribution in [3.8, 4) is 17.2 Å². The smallest absolute Gasteiger partial charge is 0.203 e. The predicted octanol–water partition coefficient (Wildman–Crippen LogP) is 4.89. The van der Waals surface area contributed by atoms with E-state index in [4.69, 9.17) is 14.2 Å². The van der Waals surface area contributed by atoms with Gasteiger partial charge in [0.1, 0.15) is 0 Å². The highest BCUT2D eigenvalue weighted by atomic mass is 16.5. The molecule has 0 spiro atoms. The third-order valence-corrected chi connectivity index (χ3v) is 7.21. The highest BCUT2D eigenvalue weighted by Gasteiger charge is 2.49. The molecule has 2 aliphatic rings. The Morgan fingerprint density at radius 2 is 1.65 bits per heavy atom. The van der Waals surface area contributed by atoms with Crippen LogP contribution in [-0.2, 0) is 6.54 Å². The number of piperidine rings is 1. The summed E-state index contributed by atoms with van der Waals surface area (Å²) in [6.07, 6.45) is 5.00. The maximum Gasteiger partial charge on any atom is 0.203 e. The van der Waals surface area contributed by atoms with Crippen LogP contribution in [0.1, 0.15) is 54.8 Å². The number of methoxy groups -OCH3 is 3. The van der Waals surface area contributed by atoms with E-state index in [1.54, 1.807) is 21.3 Å². The third kappa shape index (κ3) is 4.26. The first-order valence-corrected chi connectivity index (χ1v) is 11.3. The summed E-state index contributed by atoms with van der Waals surface area (Å²) >= 11 is 0. The number of aryl methyl sites for hydroxylation is 1. The Bertz CT molecular complexity index is 872. The highest BCUT2D eigenvalue weighted by Crippen LogP contribution is 2.51. The minimum absolute atomic E-state index is 0.0917. The Hall–Kier alpha value is -2.24. The van der Waals surface area contributed by atoms with Gasteiger partial charge in [0.25, 0.3) is 0 Å². The number of rotatable bonds is 6. The van der Waals surface area contributed by atoms with Gasteiger partial charge >= 0.3 is 0 Å². The molecule has 2 fully saturated rings.